The molecule has 5 nitrogen and oxygen atoms in total. The Morgan fingerprint density at radius 1 is 0.967 bits per heavy atom. The van der Waals surface area contributed by atoms with Gasteiger partial charge in [0.25, 0.3) is 11.8 Å². The quantitative estimate of drug-likeness (QED) is 0.522. The lowest BCUT2D eigenvalue weighted by molar-refractivity contribution is 0.0533. The number of amides is 2. The van der Waals surface area contributed by atoms with Gasteiger partial charge in [0.15, 0.2) is 0 Å². The summed E-state index contributed by atoms with van der Waals surface area (Å²) in [5.74, 6) is 0.713. The summed E-state index contributed by atoms with van der Waals surface area (Å²) in [5.41, 5.74) is 4.15. The number of halogens is 1. The second-order valence-electron chi connectivity index (χ2n) is 6.86. The Morgan fingerprint density at radius 2 is 1.63 bits per heavy atom. The monoisotopic (exact) mass is 457 g/mol. The van der Waals surface area contributed by atoms with E-state index in [1.54, 1.807) is 52.3 Å². The summed E-state index contributed by atoms with van der Waals surface area (Å²) in [6.07, 6.45) is 0. The van der Waals surface area contributed by atoms with E-state index in [1.807, 2.05) is 40.1 Å². The average molecular weight is 458 g/mol. The largest absolute Gasteiger partial charge is 0.335 e. The number of aromatic nitrogens is 1. The molecule has 30 heavy (non-hydrogen) atoms. The van der Waals surface area contributed by atoms with Crippen LogP contribution >= 0.6 is 34.7 Å². The Balaban J connectivity index is 1.38. The first-order chi connectivity index (χ1) is 14.6. The standard InChI is InChI=1S/C22H20ClN3O2S2/c23-17-7-5-16(6-8-17)21(27)25-9-11-26(12-10-25)22(28)19-3-1-2-4-20(19)30-14-18-13-29-15-24-18/h1-8,13,15H,9-12,14H2. The molecule has 2 aromatic carbocycles. The normalized spacial score (nSPS) is 14.0. The first-order valence-corrected chi connectivity index (χ1v) is 11.9. The molecule has 1 fully saturated rings. The van der Waals surface area contributed by atoms with Crippen LogP contribution in [0.15, 0.2) is 64.3 Å². The van der Waals surface area contributed by atoms with E-state index in [0.717, 1.165) is 16.3 Å². The highest BCUT2D eigenvalue weighted by Gasteiger charge is 2.26. The lowest BCUT2D eigenvalue weighted by Gasteiger charge is -2.35. The van der Waals surface area contributed by atoms with Crippen molar-refractivity contribution in [2.24, 2.45) is 0 Å². The van der Waals surface area contributed by atoms with Crippen LogP contribution < -0.4 is 0 Å². The molecule has 1 aliphatic rings. The van der Waals surface area contributed by atoms with Crippen molar-refractivity contribution in [1.82, 2.24) is 14.8 Å². The van der Waals surface area contributed by atoms with Gasteiger partial charge in [0.2, 0.25) is 0 Å². The van der Waals surface area contributed by atoms with Crippen LogP contribution in [0.1, 0.15) is 26.4 Å². The van der Waals surface area contributed by atoms with Gasteiger partial charge in [-0.2, -0.15) is 0 Å². The van der Waals surface area contributed by atoms with E-state index in [4.69, 9.17) is 11.6 Å². The summed E-state index contributed by atoms with van der Waals surface area (Å²) in [7, 11) is 0. The molecule has 1 saturated heterocycles. The van der Waals surface area contributed by atoms with E-state index in [-0.39, 0.29) is 11.8 Å². The number of piperazine rings is 1. The zero-order valence-electron chi connectivity index (χ0n) is 16.2. The van der Waals surface area contributed by atoms with Crippen molar-refractivity contribution in [3.8, 4) is 0 Å². The highest BCUT2D eigenvalue weighted by Crippen LogP contribution is 2.27. The number of hydrogen-bond acceptors (Lipinski definition) is 5. The third kappa shape index (κ3) is 4.86. The molecule has 0 aliphatic carbocycles. The van der Waals surface area contributed by atoms with Crippen LogP contribution in [0.3, 0.4) is 0 Å². The van der Waals surface area contributed by atoms with Crippen molar-refractivity contribution >= 4 is 46.5 Å². The van der Waals surface area contributed by atoms with E-state index in [1.165, 1.54) is 0 Å². The van der Waals surface area contributed by atoms with Gasteiger partial charge >= 0.3 is 0 Å². The van der Waals surface area contributed by atoms with E-state index in [0.29, 0.717) is 42.3 Å². The van der Waals surface area contributed by atoms with Crippen molar-refractivity contribution in [2.75, 3.05) is 26.2 Å². The maximum Gasteiger partial charge on any atom is 0.255 e. The maximum atomic E-state index is 13.1. The van der Waals surface area contributed by atoms with Crippen molar-refractivity contribution in [2.45, 2.75) is 10.6 Å². The molecule has 0 saturated carbocycles. The summed E-state index contributed by atoms with van der Waals surface area (Å²) in [6.45, 7) is 2.06. The molecule has 1 aromatic heterocycles. The lowest BCUT2D eigenvalue weighted by atomic mass is 10.1. The van der Waals surface area contributed by atoms with Gasteiger partial charge in [-0.3, -0.25) is 9.59 Å². The number of carbonyl (C=O) groups is 2. The summed E-state index contributed by atoms with van der Waals surface area (Å²) >= 11 is 9.10. The van der Waals surface area contributed by atoms with Crippen LogP contribution in [0.4, 0.5) is 0 Å². The molecule has 0 radical (unpaired) electrons. The molecule has 4 rings (SSSR count). The Morgan fingerprint density at radius 3 is 2.30 bits per heavy atom. The van der Waals surface area contributed by atoms with Gasteiger partial charge in [0.05, 0.1) is 16.8 Å². The molecular formula is C22H20ClN3O2S2. The molecule has 2 heterocycles. The highest BCUT2D eigenvalue weighted by atomic mass is 35.5. The van der Waals surface area contributed by atoms with Gasteiger partial charge in [-0.05, 0) is 36.4 Å². The number of hydrogen-bond donors (Lipinski definition) is 0. The highest BCUT2D eigenvalue weighted by molar-refractivity contribution is 7.98. The SMILES string of the molecule is O=C(c1ccc(Cl)cc1)N1CCN(C(=O)c2ccccc2SCc2cscn2)CC1. The number of rotatable bonds is 5. The van der Waals surface area contributed by atoms with Gasteiger partial charge < -0.3 is 9.80 Å². The Bertz CT molecular complexity index is 1020. The molecular weight excluding hydrogens is 438 g/mol. The molecule has 8 heteroatoms. The molecule has 0 bridgehead atoms. The molecule has 0 spiro atoms. The smallest absolute Gasteiger partial charge is 0.255 e. The second-order valence-corrected chi connectivity index (χ2v) is 9.03. The van der Waals surface area contributed by atoms with Crippen molar-refractivity contribution in [1.29, 1.82) is 0 Å². The van der Waals surface area contributed by atoms with E-state index < -0.39 is 0 Å². The minimum absolute atomic E-state index is 0.00923. The topological polar surface area (TPSA) is 53.5 Å². The Kier molecular flexibility index (Phi) is 6.72. The molecule has 0 N–H and O–H groups in total. The van der Waals surface area contributed by atoms with Crippen LogP contribution in [0, 0.1) is 0 Å². The molecule has 2 amide bonds. The number of nitrogens with zero attached hydrogens (tertiary/aromatic N) is 3. The molecule has 3 aromatic rings. The number of thiazole rings is 1. The van der Waals surface area contributed by atoms with Gasteiger partial charge in [-0.15, -0.1) is 23.1 Å². The van der Waals surface area contributed by atoms with Crippen molar-refractivity contribution < 1.29 is 9.59 Å². The fourth-order valence-electron chi connectivity index (χ4n) is 3.29. The average Bonchev–Trinajstić information content (AvgIpc) is 3.31. The number of benzene rings is 2. The van der Waals surface area contributed by atoms with Crippen LogP contribution in [-0.2, 0) is 5.75 Å². The van der Waals surface area contributed by atoms with E-state index in [2.05, 4.69) is 4.98 Å². The third-order valence-electron chi connectivity index (χ3n) is 4.92. The van der Waals surface area contributed by atoms with Crippen LogP contribution in [-0.4, -0.2) is 52.8 Å². The van der Waals surface area contributed by atoms with Gasteiger partial charge in [0.1, 0.15) is 0 Å². The molecule has 1 aliphatic heterocycles. The van der Waals surface area contributed by atoms with E-state index >= 15 is 0 Å². The van der Waals surface area contributed by atoms with Crippen LogP contribution in [0.25, 0.3) is 0 Å². The first kappa shape index (κ1) is 20.9. The summed E-state index contributed by atoms with van der Waals surface area (Å²) in [4.78, 5) is 34.7. The van der Waals surface area contributed by atoms with Gasteiger partial charge in [0, 0.05) is 52.8 Å². The fourth-order valence-corrected chi connectivity index (χ4v) is 5.02. The zero-order valence-corrected chi connectivity index (χ0v) is 18.6. The minimum Gasteiger partial charge on any atom is -0.335 e. The van der Waals surface area contributed by atoms with E-state index in [9.17, 15) is 9.59 Å². The second kappa shape index (κ2) is 9.64. The zero-order chi connectivity index (χ0) is 20.9. The minimum atomic E-state index is -0.0296. The molecule has 0 atom stereocenters. The Hall–Kier alpha value is -2.35. The van der Waals surface area contributed by atoms with Crippen molar-refractivity contribution in [3.05, 3.63) is 81.3 Å². The van der Waals surface area contributed by atoms with Crippen molar-refractivity contribution in [3.63, 3.8) is 0 Å². The maximum absolute atomic E-state index is 13.1. The Labute approximate surface area is 188 Å². The number of thioether (sulfide) groups is 1. The molecule has 0 unspecified atom stereocenters. The summed E-state index contributed by atoms with van der Waals surface area (Å²) in [6, 6.07) is 14.6. The first-order valence-electron chi connectivity index (χ1n) is 9.55. The molecule has 154 valence electrons. The lowest BCUT2D eigenvalue weighted by Crippen LogP contribution is -2.50. The van der Waals surface area contributed by atoms with Crippen LogP contribution in [0.5, 0.6) is 0 Å². The van der Waals surface area contributed by atoms with Gasteiger partial charge in [-0.1, -0.05) is 23.7 Å². The predicted molar refractivity (Wildman–Crippen MR) is 121 cm³/mol. The fraction of sp³-hybridized carbons (Fsp3) is 0.227. The summed E-state index contributed by atoms with van der Waals surface area (Å²) in [5, 5.41) is 2.63. The van der Waals surface area contributed by atoms with Crippen LogP contribution in [0.2, 0.25) is 5.02 Å². The van der Waals surface area contributed by atoms with Gasteiger partial charge in [-0.25, -0.2) is 4.98 Å². The number of carbonyl (C=O) groups excluding carboxylic acids is 2. The predicted octanol–water partition coefficient (Wildman–Crippen LogP) is 4.69. The third-order valence-corrected chi connectivity index (χ3v) is 6.92. The summed E-state index contributed by atoms with van der Waals surface area (Å²) < 4.78 is 0.